The summed E-state index contributed by atoms with van der Waals surface area (Å²) in [4.78, 5) is 4.59. The van der Waals surface area contributed by atoms with Gasteiger partial charge >= 0.3 is 0 Å². The molecule has 0 unspecified atom stereocenters. The smallest absolute Gasteiger partial charge is 0.226 e. The average molecular weight is 346 g/mol. The second kappa shape index (κ2) is 8.87. The summed E-state index contributed by atoms with van der Waals surface area (Å²) in [6.07, 6.45) is 3.12. The van der Waals surface area contributed by atoms with Crippen molar-refractivity contribution in [3.05, 3.63) is 71.6 Å². The number of ether oxygens (including phenoxy) is 1. The second-order valence-corrected chi connectivity index (χ2v) is 6.14. The van der Waals surface area contributed by atoms with Crippen LogP contribution in [0.1, 0.15) is 29.9 Å². The molecule has 0 fully saturated rings. The van der Waals surface area contributed by atoms with Gasteiger partial charge in [0.2, 0.25) is 5.89 Å². The molecule has 0 aliphatic carbocycles. The second-order valence-electron chi connectivity index (χ2n) is 6.14. The number of aromatic nitrogens is 1. The third kappa shape index (κ3) is 4.73. The van der Waals surface area contributed by atoms with E-state index in [1.165, 1.54) is 5.56 Å². The topological polar surface area (TPSA) is 59.1 Å². The molecule has 0 aliphatic rings. The van der Waals surface area contributed by atoms with Crippen molar-refractivity contribution in [1.82, 2.24) is 4.98 Å². The van der Waals surface area contributed by atoms with Gasteiger partial charge in [-0.2, -0.15) is 5.26 Å². The summed E-state index contributed by atoms with van der Waals surface area (Å²) in [5.74, 6) is 2.33. The van der Waals surface area contributed by atoms with E-state index in [2.05, 4.69) is 23.2 Å². The first-order valence-electron chi connectivity index (χ1n) is 8.86. The SMILES string of the molecule is Cc1oc(-c2ccccc2)nc1CCOc1ccc(CCCC#N)cc1. The molecule has 0 bridgehead atoms. The molecule has 1 aromatic heterocycles. The van der Waals surface area contributed by atoms with E-state index in [4.69, 9.17) is 14.4 Å². The van der Waals surface area contributed by atoms with Crippen LogP contribution in [0.4, 0.5) is 0 Å². The number of rotatable bonds is 8. The van der Waals surface area contributed by atoms with Crippen molar-refractivity contribution in [1.29, 1.82) is 5.26 Å². The molecule has 0 amide bonds. The van der Waals surface area contributed by atoms with Crippen molar-refractivity contribution >= 4 is 0 Å². The van der Waals surface area contributed by atoms with Crippen LogP contribution in [0.2, 0.25) is 0 Å². The molecule has 0 saturated heterocycles. The molecule has 3 aromatic rings. The van der Waals surface area contributed by atoms with Gasteiger partial charge in [-0.3, -0.25) is 0 Å². The number of hydrogen-bond donors (Lipinski definition) is 0. The van der Waals surface area contributed by atoms with Crippen LogP contribution >= 0.6 is 0 Å². The largest absolute Gasteiger partial charge is 0.493 e. The summed E-state index contributed by atoms with van der Waals surface area (Å²) < 4.78 is 11.6. The molecule has 26 heavy (non-hydrogen) atoms. The number of nitrogens with zero attached hydrogens (tertiary/aromatic N) is 2. The number of nitriles is 1. The minimum atomic E-state index is 0.551. The Bertz CT molecular complexity index is 861. The molecule has 3 rings (SSSR count). The molecule has 4 heteroatoms. The summed E-state index contributed by atoms with van der Waals surface area (Å²) in [7, 11) is 0. The number of aryl methyl sites for hydroxylation is 2. The summed E-state index contributed by atoms with van der Waals surface area (Å²) in [5, 5.41) is 8.58. The highest BCUT2D eigenvalue weighted by Crippen LogP contribution is 2.22. The molecule has 0 N–H and O–H groups in total. The van der Waals surface area contributed by atoms with Gasteiger partial charge in [0.1, 0.15) is 11.5 Å². The number of oxazole rings is 1. The quantitative estimate of drug-likeness (QED) is 0.531. The van der Waals surface area contributed by atoms with Crippen LogP contribution in [-0.4, -0.2) is 11.6 Å². The van der Waals surface area contributed by atoms with Crippen molar-refractivity contribution in [2.24, 2.45) is 0 Å². The summed E-state index contributed by atoms with van der Waals surface area (Å²) in [5.41, 5.74) is 3.14. The zero-order chi connectivity index (χ0) is 18.2. The van der Waals surface area contributed by atoms with Gasteiger partial charge in [0.25, 0.3) is 0 Å². The predicted octanol–water partition coefficient (Wildman–Crippen LogP) is 5.12. The Hall–Kier alpha value is -3.06. The van der Waals surface area contributed by atoms with Crippen LogP contribution in [0.3, 0.4) is 0 Å². The fourth-order valence-corrected chi connectivity index (χ4v) is 2.75. The zero-order valence-corrected chi connectivity index (χ0v) is 14.9. The van der Waals surface area contributed by atoms with Gasteiger partial charge in [0.15, 0.2) is 0 Å². The molecule has 0 atom stereocenters. The Labute approximate surface area is 154 Å². The van der Waals surface area contributed by atoms with Gasteiger partial charge in [-0.05, 0) is 49.6 Å². The Kier molecular flexibility index (Phi) is 6.05. The summed E-state index contributed by atoms with van der Waals surface area (Å²) in [6, 6.07) is 20.1. The van der Waals surface area contributed by atoms with Gasteiger partial charge in [0.05, 0.1) is 18.4 Å². The highest BCUT2D eigenvalue weighted by atomic mass is 16.5. The molecule has 0 saturated carbocycles. The Morgan fingerprint density at radius 2 is 1.81 bits per heavy atom. The highest BCUT2D eigenvalue weighted by molar-refractivity contribution is 5.53. The minimum absolute atomic E-state index is 0.551. The third-order valence-electron chi connectivity index (χ3n) is 4.20. The van der Waals surface area contributed by atoms with Crippen LogP contribution in [0.5, 0.6) is 5.75 Å². The fourth-order valence-electron chi connectivity index (χ4n) is 2.75. The Morgan fingerprint density at radius 3 is 2.54 bits per heavy atom. The lowest BCUT2D eigenvalue weighted by Crippen LogP contribution is -2.02. The maximum Gasteiger partial charge on any atom is 0.226 e. The Balaban J connectivity index is 1.52. The van der Waals surface area contributed by atoms with E-state index >= 15 is 0 Å². The molecule has 4 nitrogen and oxygen atoms in total. The molecular formula is C22H22N2O2. The van der Waals surface area contributed by atoms with Crippen molar-refractivity contribution in [2.45, 2.75) is 32.6 Å². The van der Waals surface area contributed by atoms with Crippen LogP contribution in [0.15, 0.2) is 59.0 Å². The molecular weight excluding hydrogens is 324 g/mol. The minimum Gasteiger partial charge on any atom is -0.493 e. The number of unbranched alkanes of at least 4 members (excludes halogenated alkanes) is 1. The van der Waals surface area contributed by atoms with Gasteiger partial charge in [-0.15, -0.1) is 0 Å². The van der Waals surface area contributed by atoms with E-state index in [0.29, 0.717) is 25.3 Å². The molecule has 0 radical (unpaired) electrons. The van der Waals surface area contributed by atoms with Crippen molar-refractivity contribution in [2.75, 3.05) is 6.61 Å². The van der Waals surface area contributed by atoms with Gasteiger partial charge in [-0.25, -0.2) is 4.98 Å². The standard InChI is InChI=1S/C22H22N2O2/c1-17-21(24-22(26-17)19-8-3-2-4-9-19)14-16-25-20-12-10-18(11-13-20)7-5-6-15-23/h2-4,8-13H,5-7,14,16H2,1H3. The van der Waals surface area contributed by atoms with Crippen LogP contribution in [-0.2, 0) is 12.8 Å². The first-order valence-corrected chi connectivity index (χ1v) is 8.86. The monoisotopic (exact) mass is 346 g/mol. The molecule has 132 valence electrons. The molecule has 0 spiro atoms. The van der Waals surface area contributed by atoms with Crippen LogP contribution < -0.4 is 4.74 Å². The fraction of sp³-hybridized carbons (Fsp3) is 0.273. The van der Waals surface area contributed by atoms with E-state index in [9.17, 15) is 0 Å². The molecule has 2 aromatic carbocycles. The lowest BCUT2D eigenvalue weighted by atomic mass is 10.1. The summed E-state index contributed by atoms with van der Waals surface area (Å²) >= 11 is 0. The van der Waals surface area contributed by atoms with E-state index < -0.39 is 0 Å². The number of benzene rings is 2. The van der Waals surface area contributed by atoms with E-state index in [0.717, 1.165) is 35.6 Å². The zero-order valence-electron chi connectivity index (χ0n) is 14.9. The van der Waals surface area contributed by atoms with E-state index in [1.54, 1.807) is 0 Å². The normalized spacial score (nSPS) is 10.5. The lowest BCUT2D eigenvalue weighted by Gasteiger charge is -2.06. The van der Waals surface area contributed by atoms with Crippen molar-refractivity contribution in [3.63, 3.8) is 0 Å². The summed E-state index contributed by atoms with van der Waals surface area (Å²) in [6.45, 7) is 2.49. The number of hydrogen-bond acceptors (Lipinski definition) is 4. The average Bonchev–Trinajstić information content (AvgIpc) is 3.05. The van der Waals surface area contributed by atoms with E-state index in [-0.39, 0.29) is 0 Å². The van der Waals surface area contributed by atoms with Gasteiger partial charge in [-0.1, -0.05) is 30.3 Å². The predicted molar refractivity (Wildman–Crippen MR) is 101 cm³/mol. The van der Waals surface area contributed by atoms with Crippen LogP contribution in [0.25, 0.3) is 11.5 Å². The highest BCUT2D eigenvalue weighted by Gasteiger charge is 2.11. The van der Waals surface area contributed by atoms with Gasteiger partial charge in [0, 0.05) is 18.4 Å². The van der Waals surface area contributed by atoms with Crippen LogP contribution in [0, 0.1) is 18.3 Å². The lowest BCUT2D eigenvalue weighted by molar-refractivity contribution is 0.320. The third-order valence-corrected chi connectivity index (χ3v) is 4.20. The maximum absolute atomic E-state index is 8.58. The maximum atomic E-state index is 8.58. The first-order chi connectivity index (χ1) is 12.8. The Morgan fingerprint density at radius 1 is 1.04 bits per heavy atom. The molecule has 1 heterocycles. The van der Waals surface area contributed by atoms with Gasteiger partial charge < -0.3 is 9.15 Å². The first kappa shape index (κ1) is 17.8. The molecule has 0 aliphatic heterocycles. The van der Waals surface area contributed by atoms with Crippen molar-refractivity contribution < 1.29 is 9.15 Å². The van der Waals surface area contributed by atoms with E-state index in [1.807, 2.05) is 49.4 Å². The van der Waals surface area contributed by atoms with Crippen molar-refractivity contribution in [3.8, 4) is 23.3 Å².